The SMILES string of the molecule is O=c1[nH]c(O)c(C=c2cnn3c(=NC4CC4)cc(Nc4ccc(/C=C/c5ccccc5)cc4)nc23)[nH]1. The molecule has 0 spiro atoms. The Morgan fingerprint density at radius 2 is 1.78 bits per heavy atom. The first kappa shape index (κ1) is 21.6. The fraction of sp³-hybridized carbons (Fsp3) is 0.111. The van der Waals surface area contributed by atoms with Crippen LogP contribution in [-0.2, 0) is 0 Å². The maximum Gasteiger partial charge on any atom is 0.326 e. The Kier molecular flexibility index (Phi) is 5.42. The lowest BCUT2D eigenvalue weighted by molar-refractivity contribution is 0.454. The van der Waals surface area contributed by atoms with Crippen LogP contribution in [-0.4, -0.2) is 35.7 Å². The van der Waals surface area contributed by atoms with E-state index < -0.39 is 5.69 Å². The second kappa shape index (κ2) is 9.03. The van der Waals surface area contributed by atoms with Crippen molar-refractivity contribution in [3.05, 3.63) is 105 Å². The molecule has 2 aromatic carbocycles. The molecular weight excluding hydrogens is 454 g/mol. The number of nitrogens with one attached hydrogen (secondary N) is 3. The van der Waals surface area contributed by atoms with Crippen molar-refractivity contribution in [1.82, 2.24) is 24.6 Å². The summed E-state index contributed by atoms with van der Waals surface area (Å²) in [7, 11) is 0. The van der Waals surface area contributed by atoms with Gasteiger partial charge in [-0.3, -0.25) is 9.98 Å². The molecule has 0 atom stereocenters. The van der Waals surface area contributed by atoms with E-state index in [1.807, 2.05) is 48.5 Å². The Morgan fingerprint density at radius 3 is 2.47 bits per heavy atom. The fourth-order valence-electron chi connectivity index (χ4n) is 3.84. The zero-order valence-electron chi connectivity index (χ0n) is 19.2. The Balaban J connectivity index is 1.34. The number of imidazole rings is 1. The molecule has 1 fully saturated rings. The van der Waals surface area contributed by atoms with Crippen LogP contribution in [0.1, 0.15) is 29.7 Å². The number of H-pyrrole nitrogens is 2. The standard InChI is InChI=1S/C27H23N7O2/c35-26-22(31-27(36)33-26)14-19-16-28-34-24(30-21-12-13-21)15-23(32-25(19)34)29-20-10-8-18(9-11-20)7-6-17-4-2-1-3-5-17/h1-11,14-16,21,29,35H,12-13H2,(H2,31,33,36)/b7-6+,19-14?,30-24?. The van der Waals surface area contributed by atoms with Crippen molar-refractivity contribution in [2.75, 3.05) is 5.32 Å². The molecule has 4 N–H and O–H groups in total. The van der Waals surface area contributed by atoms with Crippen molar-refractivity contribution in [3.63, 3.8) is 0 Å². The second-order valence-corrected chi connectivity index (χ2v) is 8.67. The van der Waals surface area contributed by atoms with Gasteiger partial charge >= 0.3 is 5.69 Å². The summed E-state index contributed by atoms with van der Waals surface area (Å²) in [6.45, 7) is 0. The maximum atomic E-state index is 11.5. The predicted octanol–water partition coefficient (Wildman–Crippen LogP) is 2.98. The summed E-state index contributed by atoms with van der Waals surface area (Å²) < 4.78 is 1.68. The van der Waals surface area contributed by atoms with E-state index in [9.17, 15) is 9.90 Å². The number of aromatic amines is 2. The van der Waals surface area contributed by atoms with Crippen molar-refractivity contribution in [1.29, 1.82) is 0 Å². The Morgan fingerprint density at radius 1 is 1.03 bits per heavy atom. The Bertz CT molecular complexity index is 1740. The van der Waals surface area contributed by atoms with Crippen molar-refractivity contribution in [3.8, 4) is 5.88 Å². The van der Waals surface area contributed by atoms with Crippen LogP contribution in [0.15, 0.2) is 76.6 Å². The van der Waals surface area contributed by atoms with Gasteiger partial charge in [0.15, 0.2) is 11.1 Å². The average molecular weight is 478 g/mol. The van der Waals surface area contributed by atoms with E-state index >= 15 is 0 Å². The lowest BCUT2D eigenvalue weighted by Gasteiger charge is -2.07. The first-order valence-corrected chi connectivity index (χ1v) is 11.7. The van der Waals surface area contributed by atoms with Crippen LogP contribution in [0.2, 0.25) is 0 Å². The number of rotatable bonds is 6. The molecule has 3 aromatic heterocycles. The topological polar surface area (TPSA) is 123 Å². The normalized spacial score (nSPS) is 14.8. The van der Waals surface area contributed by atoms with Gasteiger partial charge < -0.3 is 15.4 Å². The minimum absolute atomic E-state index is 0.238. The number of fused-ring (bicyclic) bond motifs is 1. The number of hydrogen-bond donors (Lipinski definition) is 4. The van der Waals surface area contributed by atoms with Gasteiger partial charge in [0.25, 0.3) is 0 Å². The van der Waals surface area contributed by atoms with Crippen LogP contribution in [0, 0.1) is 0 Å². The van der Waals surface area contributed by atoms with Crippen molar-refractivity contribution >= 4 is 35.4 Å². The van der Waals surface area contributed by atoms with Crippen LogP contribution in [0.3, 0.4) is 0 Å². The molecule has 1 aliphatic carbocycles. The molecule has 0 bridgehead atoms. The molecule has 0 amide bonds. The molecule has 178 valence electrons. The molecule has 0 saturated heterocycles. The maximum absolute atomic E-state index is 11.5. The highest BCUT2D eigenvalue weighted by Crippen LogP contribution is 2.23. The Hall–Kier alpha value is -4.92. The molecule has 36 heavy (non-hydrogen) atoms. The van der Waals surface area contributed by atoms with E-state index in [0.717, 1.165) is 29.7 Å². The highest BCUT2D eigenvalue weighted by molar-refractivity contribution is 5.71. The minimum Gasteiger partial charge on any atom is -0.493 e. The van der Waals surface area contributed by atoms with Gasteiger partial charge in [-0.2, -0.15) is 9.61 Å². The van der Waals surface area contributed by atoms with Crippen LogP contribution in [0.25, 0.3) is 23.9 Å². The molecule has 5 aromatic rings. The highest BCUT2D eigenvalue weighted by Gasteiger charge is 2.20. The molecule has 3 heterocycles. The largest absolute Gasteiger partial charge is 0.493 e. The first-order valence-electron chi connectivity index (χ1n) is 11.7. The molecule has 6 rings (SSSR count). The monoisotopic (exact) mass is 477 g/mol. The first-order chi connectivity index (χ1) is 17.6. The summed E-state index contributed by atoms with van der Waals surface area (Å²) in [5, 5.41) is 18.4. The average Bonchev–Trinajstić information content (AvgIpc) is 3.52. The van der Waals surface area contributed by atoms with Gasteiger partial charge in [-0.1, -0.05) is 54.6 Å². The molecule has 0 aliphatic heterocycles. The van der Waals surface area contributed by atoms with Crippen molar-refractivity contribution in [2.24, 2.45) is 4.99 Å². The summed E-state index contributed by atoms with van der Waals surface area (Å²) in [5.41, 5.74) is 4.15. The third-order valence-corrected chi connectivity index (χ3v) is 5.83. The lowest BCUT2D eigenvalue weighted by atomic mass is 10.1. The summed E-state index contributed by atoms with van der Waals surface area (Å²) in [5.74, 6) is 0.384. The van der Waals surface area contributed by atoms with Crippen LogP contribution in [0.5, 0.6) is 5.88 Å². The zero-order chi connectivity index (χ0) is 24.5. The van der Waals surface area contributed by atoms with E-state index in [0.29, 0.717) is 28.2 Å². The van der Waals surface area contributed by atoms with E-state index in [1.54, 1.807) is 16.8 Å². The number of aromatic hydroxyl groups is 1. The highest BCUT2D eigenvalue weighted by atomic mass is 16.3. The molecule has 9 heteroatoms. The van der Waals surface area contributed by atoms with Crippen LogP contribution >= 0.6 is 0 Å². The van der Waals surface area contributed by atoms with Crippen LogP contribution < -0.4 is 21.7 Å². The van der Waals surface area contributed by atoms with E-state index in [4.69, 9.17) is 9.98 Å². The van der Waals surface area contributed by atoms with E-state index in [2.05, 4.69) is 44.7 Å². The molecular formula is C27H23N7O2. The minimum atomic E-state index is -0.489. The summed E-state index contributed by atoms with van der Waals surface area (Å²) in [6, 6.07) is 20.4. The molecule has 9 nitrogen and oxygen atoms in total. The van der Waals surface area contributed by atoms with E-state index in [-0.39, 0.29) is 11.6 Å². The third-order valence-electron chi connectivity index (χ3n) is 5.83. The predicted molar refractivity (Wildman–Crippen MR) is 139 cm³/mol. The molecule has 1 aliphatic rings. The number of hydrogen-bond acceptors (Lipinski definition) is 6. The van der Waals surface area contributed by atoms with E-state index in [1.165, 1.54) is 0 Å². The summed E-state index contributed by atoms with van der Waals surface area (Å²) in [4.78, 5) is 25.9. The number of nitrogens with zero attached hydrogens (tertiary/aromatic N) is 4. The fourth-order valence-corrected chi connectivity index (χ4v) is 3.84. The van der Waals surface area contributed by atoms with Gasteiger partial charge in [0.1, 0.15) is 11.5 Å². The number of benzene rings is 2. The lowest BCUT2D eigenvalue weighted by Crippen LogP contribution is -2.19. The van der Waals surface area contributed by atoms with Gasteiger partial charge in [0.05, 0.1) is 12.2 Å². The Labute approximate surface area is 205 Å². The number of anilines is 2. The third kappa shape index (κ3) is 4.67. The van der Waals surface area contributed by atoms with Crippen molar-refractivity contribution < 1.29 is 5.11 Å². The summed E-state index contributed by atoms with van der Waals surface area (Å²) in [6.07, 6.45) is 9.53. The van der Waals surface area contributed by atoms with Crippen LogP contribution in [0.4, 0.5) is 11.5 Å². The van der Waals surface area contributed by atoms with Gasteiger partial charge in [0.2, 0.25) is 5.88 Å². The zero-order valence-corrected chi connectivity index (χ0v) is 19.2. The molecule has 1 saturated carbocycles. The van der Waals surface area contributed by atoms with Gasteiger partial charge in [-0.25, -0.2) is 9.78 Å². The molecule has 0 radical (unpaired) electrons. The quantitative estimate of drug-likeness (QED) is 0.280. The van der Waals surface area contributed by atoms with Gasteiger partial charge in [-0.05, 0) is 42.2 Å². The summed E-state index contributed by atoms with van der Waals surface area (Å²) >= 11 is 0. The van der Waals surface area contributed by atoms with Gasteiger partial charge in [-0.15, -0.1) is 0 Å². The van der Waals surface area contributed by atoms with Gasteiger partial charge in [0, 0.05) is 17.0 Å². The van der Waals surface area contributed by atoms with Crippen molar-refractivity contribution in [2.45, 2.75) is 18.9 Å². The second-order valence-electron chi connectivity index (χ2n) is 8.67. The number of aromatic nitrogens is 5. The molecule has 0 unspecified atom stereocenters. The smallest absolute Gasteiger partial charge is 0.326 e.